The summed E-state index contributed by atoms with van der Waals surface area (Å²) in [4.78, 5) is 4.44. The fraction of sp³-hybridized carbons (Fsp3) is 0.562. The van der Waals surface area contributed by atoms with E-state index < -0.39 is 0 Å². The first-order valence-electron chi connectivity index (χ1n) is 7.44. The van der Waals surface area contributed by atoms with Gasteiger partial charge in [0, 0.05) is 38.3 Å². The molecule has 1 atom stereocenters. The van der Waals surface area contributed by atoms with Crippen molar-refractivity contribution in [2.75, 3.05) is 26.2 Å². The Morgan fingerprint density at radius 1 is 1.33 bits per heavy atom. The third kappa shape index (κ3) is 4.16. The van der Waals surface area contributed by atoms with E-state index in [-0.39, 0.29) is 16.9 Å². The van der Waals surface area contributed by atoms with Gasteiger partial charge < -0.3 is 0 Å². The lowest BCUT2D eigenvalue weighted by atomic mass is 10.1. The molecule has 3 nitrogen and oxygen atoms in total. The van der Waals surface area contributed by atoms with Crippen LogP contribution < -0.4 is 0 Å². The van der Waals surface area contributed by atoms with Crippen LogP contribution >= 0.6 is 11.6 Å². The Kier molecular flexibility index (Phi) is 5.98. The smallest absolute Gasteiger partial charge is 0.146 e. The quantitative estimate of drug-likeness (QED) is 0.836. The average molecular weight is 310 g/mol. The van der Waals surface area contributed by atoms with Crippen molar-refractivity contribution in [2.24, 2.45) is 0 Å². The van der Waals surface area contributed by atoms with Gasteiger partial charge in [0.05, 0.1) is 17.1 Å². The number of halogens is 2. The molecule has 1 saturated heterocycles. The van der Waals surface area contributed by atoms with Gasteiger partial charge in [-0.05, 0) is 12.5 Å². The van der Waals surface area contributed by atoms with Gasteiger partial charge in [0.2, 0.25) is 0 Å². The van der Waals surface area contributed by atoms with Crippen molar-refractivity contribution >= 4 is 11.6 Å². The van der Waals surface area contributed by atoms with E-state index in [1.807, 2.05) is 0 Å². The Morgan fingerprint density at radius 2 is 2.05 bits per heavy atom. The number of rotatable bonds is 5. The number of nitrogens with zero attached hydrogens (tertiary/aromatic N) is 3. The van der Waals surface area contributed by atoms with Crippen LogP contribution in [0, 0.1) is 17.1 Å². The highest BCUT2D eigenvalue weighted by atomic mass is 35.5. The number of benzene rings is 1. The molecule has 5 heteroatoms. The molecule has 0 aromatic heterocycles. The predicted molar refractivity (Wildman–Crippen MR) is 82.6 cm³/mol. The molecular formula is C16H21ClFN3. The van der Waals surface area contributed by atoms with Crippen LogP contribution in [0.5, 0.6) is 0 Å². The van der Waals surface area contributed by atoms with Crippen molar-refractivity contribution < 1.29 is 4.39 Å². The van der Waals surface area contributed by atoms with Crippen molar-refractivity contribution in [1.29, 1.82) is 5.26 Å². The summed E-state index contributed by atoms with van der Waals surface area (Å²) in [5.74, 6) is -0.317. The number of hydrogen-bond acceptors (Lipinski definition) is 3. The van der Waals surface area contributed by atoms with E-state index in [0.29, 0.717) is 12.1 Å². The summed E-state index contributed by atoms with van der Waals surface area (Å²) in [6.45, 7) is 6.11. The van der Waals surface area contributed by atoms with Crippen LogP contribution in [0.3, 0.4) is 0 Å². The highest BCUT2D eigenvalue weighted by Gasteiger charge is 2.23. The molecule has 0 spiro atoms. The molecule has 0 N–H and O–H groups in total. The van der Waals surface area contributed by atoms with Gasteiger partial charge in [-0.1, -0.05) is 37.1 Å². The Hall–Kier alpha value is -1.15. The lowest BCUT2D eigenvalue weighted by Gasteiger charge is -2.37. The fourth-order valence-electron chi connectivity index (χ4n) is 2.75. The molecule has 0 amide bonds. The monoisotopic (exact) mass is 309 g/mol. The number of piperazine rings is 1. The van der Waals surface area contributed by atoms with E-state index in [1.54, 1.807) is 18.2 Å². The maximum atomic E-state index is 13.9. The van der Waals surface area contributed by atoms with Crippen LogP contribution in [0.1, 0.15) is 25.3 Å². The second kappa shape index (κ2) is 7.74. The average Bonchev–Trinajstić information content (AvgIpc) is 2.50. The summed E-state index contributed by atoms with van der Waals surface area (Å²) in [7, 11) is 0. The van der Waals surface area contributed by atoms with Gasteiger partial charge in [-0.25, -0.2) is 4.39 Å². The first-order valence-corrected chi connectivity index (χ1v) is 7.82. The minimum Gasteiger partial charge on any atom is -0.296 e. The summed E-state index contributed by atoms with van der Waals surface area (Å²) in [5.41, 5.74) is 0.640. The Bertz CT molecular complexity index is 507. The zero-order valence-electron chi connectivity index (χ0n) is 12.4. The third-order valence-corrected chi connectivity index (χ3v) is 4.28. The molecule has 0 saturated carbocycles. The topological polar surface area (TPSA) is 30.3 Å². The zero-order valence-corrected chi connectivity index (χ0v) is 13.1. The van der Waals surface area contributed by atoms with Gasteiger partial charge in [-0.2, -0.15) is 5.26 Å². The summed E-state index contributed by atoms with van der Waals surface area (Å²) in [6, 6.07) is 7.53. The molecule has 0 bridgehead atoms. The van der Waals surface area contributed by atoms with Crippen LogP contribution in [0.25, 0.3) is 0 Å². The van der Waals surface area contributed by atoms with Gasteiger partial charge in [0.1, 0.15) is 5.82 Å². The van der Waals surface area contributed by atoms with Crippen LogP contribution in [0.15, 0.2) is 18.2 Å². The molecule has 0 radical (unpaired) electrons. The van der Waals surface area contributed by atoms with E-state index in [9.17, 15) is 9.65 Å². The summed E-state index contributed by atoms with van der Waals surface area (Å²) < 4.78 is 13.9. The minimum absolute atomic E-state index is 0.0139. The highest BCUT2D eigenvalue weighted by Crippen LogP contribution is 2.20. The number of hydrogen-bond donors (Lipinski definition) is 0. The highest BCUT2D eigenvalue weighted by molar-refractivity contribution is 6.30. The zero-order chi connectivity index (χ0) is 15.2. The molecule has 1 aromatic carbocycles. The Labute approximate surface area is 130 Å². The third-order valence-electron chi connectivity index (χ3n) is 3.98. The van der Waals surface area contributed by atoms with Crippen molar-refractivity contribution in [3.05, 3.63) is 34.6 Å². The SMILES string of the molecule is CCCC(C#N)N1CCN(Cc2cccc(Cl)c2F)CC1. The predicted octanol–water partition coefficient (Wildman–Crippen LogP) is 3.29. The fourth-order valence-corrected chi connectivity index (χ4v) is 2.94. The maximum absolute atomic E-state index is 13.9. The lowest BCUT2D eigenvalue weighted by molar-refractivity contribution is 0.105. The first-order chi connectivity index (χ1) is 10.2. The molecule has 1 heterocycles. The largest absolute Gasteiger partial charge is 0.296 e. The molecule has 0 aliphatic carbocycles. The molecule has 114 valence electrons. The molecule has 1 unspecified atom stereocenters. The standard InChI is InChI=1S/C16H21ClFN3/c1-2-4-14(11-19)21-9-7-20(8-10-21)12-13-5-3-6-15(17)16(13)18/h3,5-6,14H,2,4,7-10,12H2,1H3. The van der Waals surface area contributed by atoms with Crippen LogP contribution in [-0.2, 0) is 6.54 Å². The van der Waals surface area contributed by atoms with Crippen molar-refractivity contribution in [1.82, 2.24) is 9.80 Å². The van der Waals surface area contributed by atoms with Crippen LogP contribution in [-0.4, -0.2) is 42.0 Å². The van der Waals surface area contributed by atoms with Crippen LogP contribution in [0.2, 0.25) is 5.02 Å². The van der Waals surface area contributed by atoms with Gasteiger partial charge >= 0.3 is 0 Å². The van der Waals surface area contributed by atoms with Gasteiger partial charge in [-0.3, -0.25) is 9.80 Å². The van der Waals surface area contributed by atoms with E-state index in [2.05, 4.69) is 22.8 Å². The molecular weight excluding hydrogens is 289 g/mol. The molecule has 1 aliphatic heterocycles. The molecule has 1 aromatic rings. The van der Waals surface area contributed by atoms with E-state index in [1.165, 1.54) is 0 Å². The maximum Gasteiger partial charge on any atom is 0.146 e. The van der Waals surface area contributed by atoms with Gasteiger partial charge in [-0.15, -0.1) is 0 Å². The van der Waals surface area contributed by atoms with Crippen molar-refractivity contribution in [3.8, 4) is 6.07 Å². The summed E-state index contributed by atoms with van der Waals surface area (Å²) in [5, 5.41) is 9.39. The summed E-state index contributed by atoms with van der Waals surface area (Å²) in [6.07, 6.45) is 1.94. The minimum atomic E-state index is -0.317. The normalized spacial score (nSPS) is 18.4. The molecule has 1 fully saturated rings. The first kappa shape index (κ1) is 16.2. The molecule has 2 rings (SSSR count). The van der Waals surface area contributed by atoms with Crippen molar-refractivity contribution in [2.45, 2.75) is 32.4 Å². The second-order valence-electron chi connectivity index (χ2n) is 5.46. The van der Waals surface area contributed by atoms with E-state index >= 15 is 0 Å². The van der Waals surface area contributed by atoms with Gasteiger partial charge in [0.15, 0.2) is 0 Å². The summed E-state index contributed by atoms with van der Waals surface area (Å²) >= 11 is 5.81. The second-order valence-corrected chi connectivity index (χ2v) is 5.87. The van der Waals surface area contributed by atoms with Crippen molar-refractivity contribution in [3.63, 3.8) is 0 Å². The lowest BCUT2D eigenvalue weighted by Crippen LogP contribution is -2.49. The van der Waals surface area contributed by atoms with Gasteiger partial charge in [0.25, 0.3) is 0 Å². The Balaban J connectivity index is 1.90. The van der Waals surface area contributed by atoms with Crippen LogP contribution in [0.4, 0.5) is 4.39 Å². The Morgan fingerprint density at radius 3 is 2.67 bits per heavy atom. The molecule has 1 aliphatic rings. The van der Waals surface area contributed by atoms with E-state index in [4.69, 9.17) is 11.6 Å². The van der Waals surface area contributed by atoms with E-state index in [0.717, 1.165) is 39.0 Å². The molecule has 21 heavy (non-hydrogen) atoms. The number of nitriles is 1.